The van der Waals surface area contributed by atoms with Gasteiger partial charge in [-0.25, -0.2) is 9.18 Å². The van der Waals surface area contributed by atoms with E-state index in [-0.39, 0.29) is 43.8 Å². The number of benzene rings is 3. The molecule has 8 heteroatoms. The molecule has 2 fully saturated rings. The maximum Gasteiger partial charge on any atom is 0.410 e. The van der Waals surface area contributed by atoms with Crippen molar-refractivity contribution in [2.45, 2.75) is 83.0 Å². The van der Waals surface area contributed by atoms with Crippen LogP contribution in [0.1, 0.15) is 50.3 Å². The predicted octanol–water partition coefficient (Wildman–Crippen LogP) is 6.80. The van der Waals surface area contributed by atoms with Crippen LogP contribution in [0.4, 0.5) is 9.18 Å². The molecule has 2 saturated heterocycles. The molecule has 0 N–H and O–H groups in total. The summed E-state index contributed by atoms with van der Waals surface area (Å²) >= 11 is 0. The zero-order valence-electron chi connectivity index (χ0n) is 26.8. The first-order valence-corrected chi connectivity index (χ1v) is 16.0. The minimum absolute atomic E-state index is 0.233. The van der Waals surface area contributed by atoms with Crippen LogP contribution in [0.5, 0.6) is 0 Å². The number of hydrogen-bond donors (Lipinski definition) is 0. The Hall–Kier alpha value is -3.30. The van der Waals surface area contributed by atoms with Gasteiger partial charge in [0.1, 0.15) is 17.4 Å². The van der Waals surface area contributed by atoms with E-state index in [0.29, 0.717) is 46.0 Å². The molecule has 242 valence electrons. The maximum atomic E-state index is 16.4. The van der Waals surface area contributed by atoms with Crippen molar-refractivity contribution in [3.05, 3.63) is 108 Å². The van der Waals surface area contributed by atoms with Gasteiger partial charge in [0.05, 0.1) is 32.0 Å². The van der Waals surface area contributed by atoms with E-state index in [9.17, 15) is 4.79 Å². The Labute approximate surface area is 267 Å². The highest BCUT2D eigenvalue weighted by Crippen LogP contribution is 2.32. The first kappa shape index (κ1) is 33.1. The van der Waals surface area contributed by atoms with Gasteiger partial charge >= 0.3 is 6.09 Å². The van der Waals surface area contributed by atoms with E-state index in [1.54, 1.807) is 4.90 Å². The number of ether oxygens (including phenoxy) is 4. The number of carbonyl (C=O) groups excluding carboxylic acids is 1. The Morgan fingerprint density at radius 1 is 0.733 bits per heavy atom. The zero-order valence-corrected chi connectivity index (χ0v) is 26.8. The molecule has 1 amide bonds. The third-order valence-electron chi connectivity index (χ3n) is 8.33. The van der Waals surface area contributed by atoms with Crippen LogP contribution >= 0.6 is 0 Å². The molecular weight excluding hydrogens is 571 g/mol. The molecule has 0 aliphatic carbocycles. The molecule has 0 radical (unpaired) electrons. The van der Waals surface area contributed by atoms with Crippen molar-refractivity contribution < 1.29 is 28.1 Å². The van der Waals surface area contributed by atoms with Gasteiger partial charge in [-0.05, 0) is 37.5 Å². The first-order chi connectivity index (χ1) is 21.7. The van der Waals surface area contributed by atoms with Gasteiger partial charge in [0.25, 0.3) is 0 Å². The largest absolute Gasteiger partial charge is 0.444 e. The molecule has 0 aromatic heterocycles. The maximum absolute atomic E-state index is 16.4. The number of halogens is 1. The van der Waals surface area contributed by atoms with Crippen molar-refractivity contribution in [2.75, 3.05) is 32.7 Å². The lowest BCUT2D eigenvalue weighted by atomic mass is 9.91. The Balaban J connectivity index is 1.31. The second kappa shape index (κ2) is 15.3. The minimum atomic E-state index is -1.44. The highest BCUT2D eigenvalue weighted by Gasteiger charge is 2.44. The summed E-state index contributed by atoms with van der Waals surface area (Å²) in [6, 6.07) is 30.2. The van der Waals surface area contributed by atoms with Gasteiger partial charge in [-0.2, -0.15) is 0 Å². The van der Waals surface area contributed by atoms with Gasteiger partial charge in [-0.1, -0.05) is 91.0 Å². The standard InChI is InChI=1S/C37H47FN2O5/c1-36(2,3)45-35(41)40-21-19-37(38,20-22-40)28-39-23-32(42-25-29-13-7-4-8-14-29)34(44-27-31-17-11-6-12-18-31)33(24-39)43-26-30-15-9-5-10-16-30/h4-18,32-34H,19-28H2,1-3H3. The Morgan fingerprint density at radius 3 is 1.58 bits per heavy atom. The summed E-state index contributed by atoms with van der Waals surface area (Å²) in [5.41, 5.74) is 1.18. The summed E-state index contributed by atoms with van der Waals surface area (Å²) in [5.74, 6) is 0. The summed E-state index contributed by atoms with van der Waals surface area (Å²) in [5, 5.41) is 0. The highest BCUT2D eigenvalue weighted by atomic mass is 19.1. The Bertz CT molecular complexity index is 1260. The Morgan fingerprint density at radius 2 is 1.16 bits per heavy atom. The number of likely N-dealkylation sites (tertiary alicyclic amines) is 2. The third-order valence-corrected chi connectivity index (χ3v) is 8.33. The molecule has 2 atom stereocenters. The third kappa shape index (κ3) is 10.1. The number of amides is 1. The molecule has 2 aliphatic rings. The molecule has 45 heavy (non-hydrogen) atoms. The summed E-state index contributed by atoms with van der Waals surface area (Å²) in [6.07, 6.45) is -0.908. The lowest BCUT2D eigenvalue weighted by Gasteiger charge is -2.46. The number of nitrogens with zero attached hydrogens (tertiary/aromatic N) is 2. The lowest BCUT2D eigenvalue weighted by molar-refractivity contribution is -0.188. The average Bonchev–Trinajstić information content (AvgIpc) is 3.03. The highest BCUT2D eigenvalue weighted by molar-refractivity contribution is 5.68. The second-order valence-corrected chi connectivity index (χ2v) is 13.2. The smallest absolute Gasteiger partial charge is 0.410 e. The van der Waals surface area contributed by atoms with E-state index in [2.05, 4.69) is 4.90 Å². The van der Waals surface area contributed by atoms with Crippen LogP contribution in [0.3, 0.4) is 0 Å². The number of piperidine rings is 2. The van der Waals surface area contributed by atoms with Crippen LogP contribution in [0, 0.1) is 0 Å². The summed E-state index contributed by atoms with van der Waals surface area (Å²) in [7, 11) is 0. The normalized spacial score (nSPS) is 22.2. The van der Waals surface area contributed by atoms with Crippen LogP contribution in [0.15, 0.2) is 91.0 Å². The van der Waals surface area contributed by atoms with Crippen LogP contribution in [0.2, 0.25) is 0 Å². The minimum Gasteiger partial charge on any atom is -0.444 e. The monoisotopic (exact) mass is 618 g/mol. The molecule has 0 bridgehead atoms. The molecule has 2 aliphatic heterocycles. The summed E-state index contributed by atoms with van der Waals surface area (Å²) in [4.78, 5) is 16.3. The molecular formula is C37H47FN2O5. The fourth-order valence-corrected chi connectivity index (χ4v) is 5.97. The van der Waals surface area contributed by atoms with Crippen molar-refractivity contribution in [1.82, 2.24) is 9.80 Å². The Kier molecular flexibility index (Phi) is 11.3. The van der Waals surface area contributed by atoms with Crippen molar-refractivity contribution >= 4 is 6.09 Å². The van der Waals surface area contributed by atoms with E-state index in [1.165, 1.54) is 0 Å². The fraction of sp³-hybridized carbons (Fsp3) is 0.486. The van der Waals surface area contributed by atoms with E-state index in [1.807, 2.05) is 112 Å². The molecule has 3 aromatic rings. The van der Waals surface area contributed by atoms with E-state index in [4.69, 9.17) is 18.9 Å². The quantitative estimate of drug-likeness (QED) is 0.236. The van der Waals surface area contributed by atoms with Crippen molar-refractivity contribution in [2.24, 2.45) is 0 Å². The van der Waals surface area contributed by atoms with Crippen LogP contribution in [0.25, 0.3) is 0 Å². The summed E-state index contributed by atoms with van der Waals surface area (Å²) < 4.78 is 41.7. The molecule has 3 aromatic carbocycles. The molecule has 7 nitrogen and oxygen atoms in total. The SMILES string of the molecule is CC(C)(C)OC(=O)N1CCC(F)(CN2CC(OCc3ccccc3)C(OCc3ccccc3)C(OCc3ccccc3)C2)CC1. The van der Waals surface area contributed by atoms with Crippen LogP contribution in [-0.4, -0.2) is 78.2 Å². The van der Waals surface area contributed by atoms with E-state index >= 15 is 4.39 Å². The van der Waals surface area contributed by atoms with Gasteiger partial charge in [0, 0.05) is 45.6 Å². The van der Waals surface area contributed by atoms with E-state index < -0.39 is 11.3 Å². The lowest BCUT2D eigenvalue weighted by Crippen LogP contribution is -2.61. The number of rotatable bonds is 11. The second-order valence-electron chi connectivity index (χ2n) is 13.2. The molecule has 2 unspecified atom stereocenters. The van der Waals surface area contributed by atoms with Gasteiger partial charge in [0.15, 0.2) is 0 Å². The van der Waals surface area contributed by atoms with Gasteiger partial charge < -0.3 is 23.8 Å². The number of carbonyl (C=O) groups is 1. The van der Waals surface area contributed by atoms with Crippen LogP contribution in [-0.2, 0) is 38.8 Å². The number of hydrogen-bond acceptors (Lipinski definition) is 6. The molecule has 2 heterocycles. The van der Waals surface area contributed by atoms with E-state index in [0.717, 1.165) is 16.7 Å². The van der Waals surface area contributed by atoms with Crippen LogP contribution < -0.4 is 0 Å². The van der Waals surface area contributed by atoms with Gasteiger partial charge in [-0.15, -0.1) is 0 Å². The van der Waals surface area contributed by atoms with Gasteiger partial charge in [-0.3, -0.25) is 4.90 Å². The topological polar surface area (TPSA) is 60.5 Å². The zero-order chi connectivity index (χ0) is 31.7. The molecule has 0 spiro atoms. The van der Waals surface area contributed by atoms with Gasteiger partial charge in [0.2, 0.25) is 0 Å². The predicted molar refractivity (Wildman–Crippen MR) is 172 cm³/mol. The van der Waals surface area contributed by atoms with Crippen molar-refractivity contribution in [3.8, 4) is 0 Å². The van der Waals surface area contributed by atoms with Crippen molar-refractivity contribution in [3.63, 3.8) is 0 Å². The first-order valence-electron chi connectivity index (χ1n) is 16.0. The molecule has 5 rings (SSSR count). The molecule has 0 saturated carbocycles. The fourth-order valence-electron chi connectivity index (χ4n) is 5.97. The summed E-state index contributed by atoms with van der Waals surface area (Å²) in [6.45, 7) is 8.69. The number of alkyl halides is 1. The van der Waals surface area contributed by atoms with Crippen molar-refractivity contribution in [1.29, 1.82) is 0 Å². The average molecular weight is 619 g/mol.